The van der Waals surface area contributed by atoms with E-state index in [1.807, 2.05) is 0 Å². The van der Waals surface area contributed by atoms with Crippen LogP contribution in [0.25, 0.3) is 11.4 Å². The van der Waals surface area contributed by atoms with Crippen molar-refractivity contribution < 1.29 is 4.39 Å². The summed E-state index contributed by atoms with van der Waals surface area (Å²) in [6.07, 6.45) is 0. The van der Waals surface area contributed by atoms with Crippen molar-refractivity contribution >= 4 is 33.3 Å². The molecular weight excluding hydrogens is 308 g/mol. The summed E-state index contributed by atoms with van der Waals surface area (Å²) in [5, 5.41) is 0.0326. The molecule has 0 saturated heterocycles. The zero-order chi connectivity index (χ0) is 12.6. The summed E-state index contributed by atoms with van der Waals surface area (Å²) >= 11 is 8.95. The third-order valence-electron chi connectivity index (χ3n) is 2.23. The van der Waals surface area contributed by atoms with Gasteiger partial charge in [0.1, 0.15) is 5.82 Å². The summed E-state index contributed by atoms with van der Waals surface area (Å²) in [6, 6.07) is 4.66. The molecule has 0 fully saturated rings. The second-order valence-corrected chi connectivity index (χ2v) is 4.63. The predicted octanol–water partition coefficient (Wildman–Crippen LogP) is 3.59. The van der Waals surface area contributed by atoms with Crippen molar-refractivity contribution in [2.45, 2.75) is 6.92 Å². The molecule has 0 unspecified atom stereocenters. The lowest BCUT2D eigenvalue weighted by Crippen LogP contribution is -2.01. The molecular formula is C11H8BrClFN3. The molecule has 1 heterocycles. The van der Waals surface area contributed by atoms with Gasteiger partial charge in [-0.15, -0.1) is 0 Å². The number of nitrogen functional groups attached to an aromatic ring is 1. The first kappa shape index (κ1) is 12.3. The van der Waals surface area contributed by atoms with E-state index in [0.29, 0.717) is 10.2 Å². The highest BCUT2D eigenvalue weighted by molar-refractivity contribution is 9.10. The number of nitrogens with zero attached hydrogens (tertiary/aromatic N) is 2. The van der Waals surface area contributed by atoms with Crippen LogP contribution >= 0.6 is 27.5 Å². The van der Waals surface area contributed by atoms with E-state index in [-0.39, 0.29) is 22.2 Å². The van der Waals surface area contributed by atoms with Crippen LogP contribution in [-0.4, -0.2) is 9.97 Å². The van der Waals surface area contributed by atoms with Gasteiger partial charge in [0.2, 0.25) is 0 Å². The SMILES string of the molecule is Cc1nc(-c2cccc(Cl)c2F)nc(N)c1Br. The first-order valence-corrected chi connectivity index (χ1v) is 5.92. The molecule has 1 aromatic carbocycles. The minimum atomic E-state index is -0.546. The molecule has 0 amide bonds. The van der Waals surface area contributed by atoms with Gasteiger partial charge in [-0.3, -0.25) is 0 Å². The van der Waals surface area contributed by atoms with Crippen molar-refractivity contribution in [3.8, 4) is 11.4 Å². The number of nitrogens with two attached hydrogens (primary N) is 1. The minimum absolute atomic E-state index is 0.0326. The maximum absolute atomic E-state index is 13.8. The monoisotopic (exact) mass is 315 g/mol. The molecule has 17 heavy (non-hydrogen) atoms. The second kappa shape index (κ2) is 4.58. The Bertz CT molecular complexity index is 566. The predicted molar refractivity (Wildman–Crippen MR) is 69.3 cm³/mol. The fourth-order valence-corrected chi connectivity index (χ4v) is 1.73. The molecule has 0 radical (unpaired) electrons. The average Bonchev–Trinajstić information content (AvgIpc) is 2.29. The molecule has 0 bridgehead atoms. The van der Waals surface area contributed by atoms with Crippen molar-refractivity contribution in [3.63, 3.8) is 0 Å². The lowest BCUT2D eigenvalue weighted by Gasteiger charge is -2.07. The molecule has 0 atom stereocenters. The number of hydrogen-bond donors (Lipinski definition) is 1. The zero-order valence-corrected chi connectivity index (χ0v) is 11.2. The average molecular weight is 317 g/mol. The van der Waals surface area contributed by atoms with Crippen molar-refractivity contribution in [2.75, 3.05) is 5.73 Å². The summed E-state index contributed by atoms with van der Waals surface area (Å²) < 4.78 is 14.4. The number of aromatic nitrogens is 2. The Kier molecular flexibility index (Phi) is 3.31. The summed E-state index contributed by atoms with van der Waals surface area (Å²) in [6.45, 7) is 1.76. The van der Waals surface area contributed by atoms with Crippen molar-refractivity contribution in [1.29, 1.82) is 0 Å². The Labute approximate surface area is 111 Å². The topological polar surface area (TPSA) is 51.8 Å². The molecule has 2 N–H and O–H groups in total. The van der Waals surface area contributed by atoms with Crippen molar-refractivity contribution in [2.24, 2.45) is 0 Å². The lowest BCUT2D eigenvalue weighted by atomic mass is 10.2. The maximum Gasteiger partial charge on any atom is 0.164 e. The van der Waals surface area contributed by atoms with Crippen molar-refractivity contribution in [1.82, 2.24) is 9.97 Å². The minimum Gasteiger partial charge on any atom is -0.383 e. The Morgan fingerprint density at radius 2 is 2.06 bits per heavy atom. The fraction of sp³-hybridized carbons (Fsp3) is 0.0909. The largest absolute Gasteiger partial charge is 0.383 e. The van der Waals surface area contributed by atoms with Crippen LogP contribution in [0.1, 0.15) is 5.69 Å². The van der Waals surface area contributed by atoms with Gasteiger partial charge >= 0.3 is 0 Å². The zero-order valence-electron chi connectivity index (χ0n) is 8.84. The molecule has 0 aliphatic carbocycles. The number of halogens is 3. The summed E-state index contributed by atoms with van der Waals surface area (Å²) in [5.41, 5.74) is 6.57. The normalized spacial score (nSPS) is 10.6. The van der Waals surface area contributed by atoms with E-state index in [4.69, 9.17) is 17.3 Å². The van der Waals surface area contributed by atoms with Gasteiger partial charge in [0.15, 0.2) is 11.6 Å². The van der Waals surface area contributed by atoms with E-state index in [1.54, 1.807) is 19.1 Å². The van der Waals surface area contributed by atoms with Gasteiger partial charge in [0.05, 0.1) is 20.8 Å². The summed E-state index contributed by atoms with van der Waals surface area (Å²) in [5.74, 6) is -0.0506. The Balaban J connectivity index is 2.65. The summed E-state index contributed by atoms with van der Waals surface area (Å²) in [7, 11) is 0. The standard InChI is InChI=1S/C11H8BrClFN3/c1-5-8(12)10(15)17-11(16-5)6-3-2-4-7(13)9(6)14/h2-4H,1H3,(H2,15,16,17). The Hall–Kier alpha value is -1.20. The van der Waals surface area contributed by atoms with Crippen LogP contribution in [0.2, 0.25) is 5.02 Å². The summed E-state index contributed by atoms with van der Waals surface area (Å²) in [4.78, 5) is 8.20. The number of aryl methyl sites for hydroxylation is 1. The van der Waals surface area contributed by atoms with E-state index in [0.717, 1.165) is 0 Å². The Morgan fingerprint density at radius 1 is 1.35 bits per heavy atom. The lowest BCUT2D eigenvalue weighted by molar-refractivity contribution is 0.630. The second-order valence-electron chi connectivity index (χ2n) is 3.43. The highest BCUT2D eigenvalue weighted by Gasteiger charge is 2.13. The van der Waals surface area contributed by atoms with Crippen LogP contribution in [0, 0.1) is 12.7 Å². The molecule has 6 heteroatoms. The van der Waals surface area contributed by atoms with Gasteiger partial charge < -0.3 is 5.73 Å². The number of anilines is 1. The molecule has 2 aromatic rings. The van der Waals surface area contributed by atoms with Crippen LogP contribution < -0.4 is 5.73 Å². The molecule has 3 nitrogen and oxygen atoms in total. The van der Waals surface area contributed by atoms with Crippen LogP contribution in [0.15, 0.2) is 22.7 Å². The number of hydrogen-bond acceptors (Lipinski definition) is 3. The van der Waals surface area contributed by atoms with Crippen LogP contribution in [0.3, 0.4) is 0 Å². The van der Waals surface area contributed by atoms with Gasteiger partial charge in [-0.05, 0) is 35.0 Å². The highest BCUT2D eigenvalue weighted by atomic mass is 79.9. The van der Waals surface area contributed by atoms with E-state index >= 15 is 0 Å². The van der Waals surface area contributed by atoms with Crippen LogP contribution in [-0.2, 0) is 0 Å². The first-order chi connectivity index (χ1) is 8.00. The Morgan fingerprint density at radius 3 is 2.71 bits per heavy atom. The van der Waals surface area contributed by atoms with Crippen LogP contribution in [0.5, 0.6) is 0 Å². The smallest absolute Gasteiger partial charge is 0.164 e. The molecule has 2 rings (SSSR count). The van der Waals surface area contributed by atoms with E-state index in [1.165, 1.54) is 6.07 Å². The van der Waals surface area contributed by atoms with Gasteiger partial charge in [-0.2, -0.15) is 0 Å². The third-order valence-corrected chi connectivity index (χ3v) is 3.51. The van der Waals surface area contributed by atoms with E-state index < -0.39 is 5.82 Å². The fourth-order valence-electron chi connectivity index (χ4n) is 1.38. The van der Waals surface area contributed by atoms with Crippen LogP contribution in [0.4, 0.5) is 10.2 Å². The quantitative estimate of drug-likeness (QED) is 0.874. The highest BCUT2D eigenvalue weighted by Crippen LogP contribution is 2.28. The maximum atomic E-state index is 13.8. The molecule has 0 spiro atoms. The van der Waals surface area contributed by atoms with Gasteiger partial charge in [0, 0.05) is 0 Å². The van der Waals surface area contributed by atoms with E-state index in [9.17, 15) is 4.39 Å². The first-order valence-electron chi connectivity index (χ1n) is 4.74. The molecule has 0 aliphatic rings. The third kappa shape index (κ3) is 2.25. The van der Waals surface area contributed by atoms with Gasteiger partial charge in [0.25, 0.3) is 0 Å². The van der Waals surface area contributed by atoms with Gasteiger partial charge in [-0.25, -0.2) is 14.4 Å². The molecule has 0 saturated carbocycles. The van der Waals surface area contributed by atoms with E-state index in [2.05, 4.69) is 25.9 Å². The molecule has 1 aromatic heterocycles. The number of benzene rings is 1. The van der Waals surface area contributed by atoms with Gasteiger partial charge in [-0.1, -0.05) is 17.7 Å². The number of rotatable bonds is 1. The molecule has 0 aliphatic heterocycles. The molecule has 88 valence electrons. The van der Waals surface area contributed by atoms with Crippen molar-refractivity contribution in [3.05, 3.63) is 39.2 Å².